The van der Waals surface area contributed by atoms with Crippen LogP contribution in [0, 0.1) is 0 Å². The summed E-state index contributed by atoms with van der Waals surface area (Å²) in [4.78, 5) is 24.1. The summed E-state index contributed by atoms with van der Waals surface area (Å²) in [6.07, 6.45) is 0. The highest BCUT2D eigenvalue weighted by atomic mass is 16.5. The summed E-state index contributed by atoms with van der Waals surface area (Å²) in [7, 11) is 1.54. The van der Waals surface area contributed by atoms with E-state index in [9.17, 15) is 9.59 Å². The Morgan fingerprint density at radius 3 is 2.53 bits per heavy atom. The van der Waals surface area contributed by atoms with E-state index < -0.39 is 18.5 Å². The molecule has 6 nitrogen and oxygen atoms in total. The number of methoxy groups -OCH3 is 1. The standard InChI is InChI=1S/C13H18N2O4/c1-10(9-19-2)14-13(18)15(8-12(16)17)11-6-4-3-5-7-11/h3-7,10H,8-9H2,1-2H3,(H,14,18)(H,16,17). The smallest absolute Gasteiger partial charge is 0.323 e. The predicted octanol–water partition coefficient (Wildman–Crippen LogP) is 1.32. The molecule has 104 valence electrons. The minimum Gasteiger partial charge on any atom is -0.480 e. The van der Waals surface area contributed by atoms with E-state index in [0.717, 1.165) is 0 Å². The van der Waals surface area contributed by atoms with E-state index in [1.54, 1.807) is 37.3 Å². The number of carboxylic acid groups (broad SMARTS) is 1. The van der Waals surface area contributed by atoms with Crippen LogP contribution in [0.2, 0.25) is 0 Å². The number of amides is 2. The molecule has 0 heterocycles. The van der Waals surface area contributed by atoms with Crippen LogP contribution in [0.15, 0.2) is 30.3 Å². The molecule has 1 aromatic rings. The van der Waals surface area contributed by atoms with Crippen LogP contribution in [-0.4, -0.2) is 43.4 Å². The summed E-state index contributed by atoms with van der Waals surface area (Å²) in [6, 6.07) is 8.00. The van der Waals surface area contributed by atoms with Gasteiger partial charge in [0.1, 0.15) is 6.54 Å². The third kappa shape index (κ3) is 4.97. The van der Waals surface area contributed by atoms with Gasteiger partial charge in [0.15, 0.2) is 0 Å². The largest absolute Gasteiger partial charge is 0.480 e. The Hall–Kier alpha value is -2.08. The molecule has 0 aromatic heterocycles. The number of hydrogen-bond acceptors (Lipinski definition) is 3. The molecule has 0 saturated heterocycles. The molecule has 0 bridgehead atoms. The van der Waals surface area contributed by atoms with Crippen molar-refractivity contribution in [2.75, 3.05) is 25.2 Å². The number of anilines is 1. The van der Waals surface area contributed by atoms with Crippen LogP contribution in [0.5, 0.6) is 0 Å². The maximum atomic E-state index is 12.1. The molecule has 0 aliphatic carbocycles. The summed E-state index contributed by atoms with van der Waals surface area (Å²) in [6.45, 7) is 1.75. The number of hydrogen-bond donors (Lipinski definition) is 2. The minimum atomic E-state index is -1.07. The van der Waals surface area contributed by atoms with Gasteiger partial charge in [0, 0.05) is 12.8 Å². The Kier molecular flexibility index (Phi) is 5.81. The Balaban J connectivity index is 2.80. The highest BCUT2D eigenvalue weighted by Gasteiger charge is 2.19. The van der Waals surface area contributed by atoms with Crippen molar-refractivity contribution in [1.82, 2.24) is 5.32 Å². The summed E-state index contributed by atoms with van der Waals surface area (Å²) in [5.41, 5.74) is 0.534. The van der Waals surface area contributed by atoms with E-state index in [2.05, 4.69) is 5.32 Å². The zero-order chi connectivity index (χ0) is 14.3. The van der Waals surface area contributed by atoms with Gasteiger partial charge in [-0.1, -0.05) is 18.2 Å². The Morgan fingerprint density at radius 2 is 2.00 bits per heavy atom. The lowest BCUT2D eigenvalue weighted by molar-refractivity contribution is -0.135. The number of nitrogens with zero attached hydrogens (tertiary/aromatic N) is 1. The van der Waals surface area contributed by atoms with Crippen molar-refractivity contribution in [2.45, 2.75) is 13.0 Å². The second-order valence-electron chi connectivity index (χ2n) is 4.12. The highest BCUT2D eigenvalue weighted by Crippen LogP contribution is 2.13. The molecule has 0 aliphatic heterocycles. The first-order valence-electron chi connectivity index (χ1n) is 5.88. The molecule has 6 heteroatoms. The number of rotatable bonds is 6. The van der Waals surface area contributed by atoms with Crippen LogP contribution < -0.4 is 10.2 Å². The first-order chi connectivity index (χ1) is 9.04. The van der Waals surface area contributed by atoms with E-state index >= 15 is 0 Å². The van der Waals surface area contributed by atoms with Crippen molar-refractivity contribution < 1.29 is 19.4 Å². The monoisotopic (exact) mass is 266 g/mol. The second-order valence-corrected chi connectivity index (χ2v) is 4.12. The number of carbonyl (C=O) groups excluding carboxylic acids is 1. The number of urea groups is 1. The molecular weight excluding hydrogens is 248 g/mol. The molecule has 1 aromatic carbocycles. The van der Waals surface area contributed by atoms with E-state index in [1.165, 1.54) is 12.0 Å². The van der Waals surface area contributed by atoms with Crippen molar-refractivity contribution in [3.8, 4) is 0 Å². The van der Waals surface area contributed by atoms with Gasteiger partial charge in [-0.05, 0) is 19.1 Å². The van der Waals surface area contributed by atoms with Crippen LogP contribution in [0.3, 0.4) is 0 Å². The second kappa shape index (κ2) is 7.38. The van der Waals surface area contributed by atoms with Crippen molar-refractivity contribution in [3.63, 3.8) is 0 Å². The van der Waals surface area contributed by atoms with Crippen LogP contribution in [0.25, 0.3) is 0 Å². The number of benzene rings is 1. The molecule has 0 aliphatic rings. The van der Waals surface area contributed by atoms with Crippen molar-refractivity contribution >= 4 is 17.7 Å². The minimum absolute atomic E-state index is 0.197. The normalized spacial score (nSPS) is 11.7. The van der Waals surface area contributed by atoms with Gasteiger partial charge < -0.3 is 15.2 Å². The van der Waals surface area contributed by atoms with E-state index in [4.69, 9.17) is 9.84 Å². The molecular formula is C13H18N2O4. The summed E-state index contributed by atoms with van der Waals surface area (Å²) in [5.74, 6) is -1.07. The zero-order valence-electron chi connectivity index (χ0n) is 11.0. The lowest BCUT2D eigenvalue weighted by Gasteiger charge is -2.23. The van der Waals surface area contributed by atoms with Crippen molar-refractivity contribution in [1.29, 1.82) is 0 Å². The molecule has 19 heavy (non-hydrogen) atoms. The third-order valence-electron chi connectivity index (χ3n) is 2.39. The predicted molar refractivity (Wildman–Crippen MR) is 71.3 cm³/mol. The van der Waals surface area contributed by atoms with Gasteiger partial charge in [-0.2, -0.15) is 0 Å². The fourth-order valence-electron chi connectivity index (χ4n) is 1.60. The van der Waals surface area contributed by atoms with Gasteiger partial charge in [-0.25, -0.2) is 4.79 Å². The maximum absolute atomic E-state index is 12.1. The number of ether oxygens (including phenoxy) is 1. The number of carboxylic acids is 1. The first-order valence-corrected chi connectivity index (χ1v) is 5.88. The van der Waals surface area contributed by atoms with Crippen molar-refractivity contribution in [3.05, 3.63) is 30.3 Å². The highest BCUT2D eigenvalue weighted by molar-refractivity contribution is 5.96. The molecule has 0 fully saturated rings. The van der Waals surface area contributed by atoms with E-state index in [1.807, 2.05) is 0 Å². The fourth-order valence-corrected chi connectivity index (χ4v) is 1.60. The lowest BCUT2D eigenvalue weighted by Crippen LogP contribution is -2.47. The number of nitrogens with one attached hydrogen (secondary N) is 1. The molecule has 2 amide bonds. The lowest BCUT2D eigenvalue weighted by atomic mass is 10.3. The van der Waals surface area contributed by atoms with Gasteiger partial charge >= 0.3 is 12.0 Å². The van der Waals surface area contributed by atoms with Gasteiger partial charge in [0.2, 0.25) is 0 Å². The Bertz CT molecular complexity index is 422. The Morgan fingerprint density at radius 1 is 1.37 bits per heavy atom. The third-order valence-corrected chi connectivity index (χ3v) is 2.39. The maximum Gasteiger partial charge on any atom is 0.323 e. The number of carbonyl (C=O) groups is 2. The molecule has 1 rings (SSSR count). The van der Waals surface area contributed by atoms with Gasteiger partial charge in [-0.3, -0.25) is 9.69 Å². The summed E-state index contributed by atoms with van der Waals surface area (Å²) in [5, 5.41) is 11.6. The number of aliphatic carboxylic acids is 1. The average molecular weight is 266 g/mol. The SMILES string of the molecule is COCC(C)NC(=O)N(CC(=O)O)c1ccccc1. The number of para-hydroxylation sites is 1. The quantitative estimate of drug-likeness (QED) is 0.814. The molecule has 0 radical (unpaired) electrons. The molecule has 0 spiro atoms. The van der Waals surface area contributed by atoms with Crippen LogP contribution in [0.1, 0.15) is 6.92 Å². The van der Waals surface area contributed by atoms with E-state index in [0.29, 0.717) is 12.3 Å². The Labute approximate surface area is 112 Å². The van der Waals surface area contributed by atoms with Crippen LogP contribution in [0.4, 0.5) is 10.5 Å². The van der Waals surface area contributed by atoms with E-state index in [-0.39, 0.29) is 6.04 Å². The van der Waals surface area contributed by atoms with Gasteiger partial charge in [0.25, 0.3) is 0 Å². The van der Waals surface area contributed by atoms with Crippen LogP contribution >= 0.6 is 0 Å². The van der Waals surface area contributed by atoms with Crippen LogP contribution in [-0.2, 0) is 9.53 Å². The summed E-state index contributed by atoms with van der Waals surface area (Å²) >= 11 is 0. The topological polar surface area (TPSA) is 78.9 Å². The molecule has 2 N–H and O–H groups in total. The zero-order valence-corrected chi connectivity index (χ0v) is 11.0. The van der Waals surface area contributed by atoms with Gasteiger partial charge in [0.05, 0.1) is 12.6 Å². The average Bonchev–Trinajstić information content (AvgIpc) is 2.37. The molecule has 1 unspecified atom stereocenters. The fraction of sp³-hybridized carbons (Fsp3) is 0.385. The summed E-state index contributed by atoms with van der Waals surface area (Å²) < 4.78 is 4.92. The molecule has 0 saturated carbocycles. The first kappa shape index (κ1) is 15.0. The molecule has 1 atom stereocenters. The van der Waals surface area contributed by atoms with Crippen molar-refractivity contribution in [2.24, 2.45) is 0 Å². The van der Waals surface area contributed by atoms with Gasteiger partial charge in [-0.15, -0.1) is 0 Å².